The number of carboxylic acids is 2. The maximum atomic E-state index is 9.89. The minimum Gasteiger partial charge on any atom is -0.544 e. The summed E-state index contributed by atoms with van der Waals surface area (Å²) in [4.78, 5) is 19.3. The first-order chi connectivity index (χ1) is 5.69. The molecular formula is C8H20N2O4. The van der Waals surface area contributed by atoms with Crippen molar-refractivity contribution in [2.45, 2.75) is 13.3 Å². The molecule has 0 aromatic carbocycles. The molecule has 0 aliphatic rings. The monoisotopic (exact) mass is 208 g/mol. The molecule has 0 aliphatic carbocycles. The highest BCUT2D eigenvalue weighted by molar-refractivity contribution is 5.66. The van der Waals surface area contributed by atoms with Crippen LogP contribution in [0.2, 0.25) is 0 Å². The van der Waals surface area contributed by atoms with Gasteiger partial charge < -0.3 is 25.6 Å². The zero-order chi connectivity index (χ0) is 11.1. The lowest BCUT2D eigenvalue weighted by Crippen LogP contribution is -2.45. The van der Waals surface area contributed by atoms with Crippen molar-refractivity contribution in [3.63, 3.8) is 0 Å². The highest BCUT2D eigenvalue weighted by Crippen LogP contribution is 1.84. The first-order valence-electron chi connectivity index (χ1n) is 3.91. The molecule has 0 rings (SSSR count). The largest absolute Gasteiger partial charge is 0.544 e. The van der Waals surface area contributed by atoms with Crippen LogP contribution in [0.15, 0.2) is 0 Å². The zero-order valence-corrected chi connectivity index (χ0v) is 9.24. The Kier molecular flexibility index (Phi) is 11.2. The maximum absolute atomic E-state index is 9.89. The van der Waals surface area contributed by atoms with Crippen LogP contribution in [0, 0.1) is 0 Å². The van der Waals surface area contributed by atoms with Gasteiger partial charge in [0.2, 0.25) is 0 Å². The van der Waals surface area contributed by atoms with E-state index in [9.17, 15) is 14.7 Å². The molecule has 0 aromatic heterocycles. The van der Waals surface area contributed by atoms with Crippen LogP contribution in [-0.4, -0.2) is 49.2 Å². The predicted octanol–water partition coefficient (Wildman–Crippen LogP) is -0.914. The fourth-order valence-corrected chi connectivity index (χ4v) is 0.387. The van der Waals surface area contributed by atoms with Gasteiger partial charge in [-0.25, -0.2) is 0 Å². The molecule has 6 nitrogen and oxygen atoms in total. The highest BCUT2D eigenvalue weighted by atomic mass is 16.4. The van der Waals surface area contributed by atoms with Crippen molar-refractivity contribution in [3.8, 4) is 0 Å². The fraction of sp³-hybridized carbons (Fsp3) is 0.750. The van der Waals surface area contributed by atoms with Gasteiger partial charge in [-0.15, -0.1) is 0 Å². The van der Waals surface area contributed by atoms with E-state index in [0.29, 0.717) is 4.48 Å². The van der Waals surface area contributed by atoms with Crippen LogP contribution in [0.4, 0.5) is 0 Å². The molecule has 4 N–H and O–H groups in total. The minimum atomic E-state index is -1.00. The van der Waals surface area contributed by atoms with Crippen molar-refractivity contribution in [1.29, 1.82) is 0 Å². The van der Waals surface area contributed by atoms with Gasteiger partial charge in [0.15, 0.2) is 0 Å². The van der Waals surface area contributed by atoms with Crippen LogP contribution in [-0.2, 0) is 9.59 Å². The van der Waals surface area contributed by atoms with E-state index in [-0.39, 0.29) is 19.1 Å². The topological polar surface area (TPSA) is 112 Å². The van der Waals surface area contributed by atoms with E-state index in [2.05, 4.69) is 0 Å². The average Bonchev–Trinajstić information content (AvgIpc) is 1.83. The van der Waals surface area contributed by atoms with Gasteiger partial charge in [0.25, 0.3) is 0 Å². The summed E-state index contributed by atoms with van der Waals surface area (Å²) >= 11 is 0. The van der Waals surface area contributed by atoms with E-state index >= 15 is 0 Å². The molecule has 0 unspecified atom stereocenters. The zero-order valence-electron chi connectivity index (χ0n) is 9.24. The molecule has 0 saturated heterocycles. The number of likely N-dealkylation sites (N-methyl/N-ethyl adjacent to an activating group) is 1. The maximum Gasteiger partial charge on any atom is 0.303 e. The Morgan fingerprint density at radius 3 is 1.57 bits per heavy atom. The summed E-state index contributed by atoms with van der Waals surface area (Å²) in [5.74, 6) is -1.75. The molecule has 0 amide bonds. The Balaban J connectivity index is -0.000000177. The molecule has 6 heteroatoms. The number of quaternary nitrogens is 1. The Morgan fingerprint density at radius 1 is 1.29 bits per heavy atom. The summed E-state index contributed by atoms with van der Waals surface area (Å²) in [7, 11) is 5.40. The van der Waals surface area contributed by atoms with Crippen LogP contribution in [0.5, 0.6) is 0 Å². The fourth-order valence-electron chi connectivity index (χ4n) is 0.387. The predicted molar refractivity (Wildman–Crippen MR) is 50.9 cm³/mol. The smallest absolute Gasteiger partial charge is 0.303 e. The van der Waals surface area contributed by atoms with Gasteiger partial charge in [-0.3, -0.25) is 4.79 Å². The molecule has 0 radical (unpaired) electrons. The third-order valence-corrected chi connectivity index (χ3v) is 0.906. The molecule has 14 heavy (non-hydrogen) atoms. The van der Waals surface area contributed by atoms with Gasteiger partial charge in [0.05, 0.1) is 27.1 Å². The Morgan fingerprint density at radius 2 is 1.57 bits per heavy atom. The van der Waals surface area contributed by atoms with E-state index < -0.39 is 11.9 Å². The molecule has 0 heterocycles. The summed E-state index contributed by atoms with van der Waals surface area (Å²) in [5.41, 5.74) is 0. The van der Waals surface area contributed by atoms with Crippen molar-refractivity contribution in [2.75, 3.05) is 27.7 Å². The summed E-state index contributed by atoms with van der Waals surface area (Å²) < 4.78 is 0.419. The summed E-state index contributed by atoms with van der Waals surface area (Å²) in [6.07, 6.45) is 0.222. The second-order valence-corrected chi connectivity index (χ2v) is 3.57. The number of rotatable bonds is 3. The molecule has 0 aliphatic heterocycles. The van der Waals surface area contributed by atoms with Gasteiger partial charge >= 0.3 is 5.97 Å². The molecule has 0 atom stereocenters. The number of aliphatic carboxylic acids is 2. The van der Waals surface area contributed by atoms with Gasteiger partial charge in [-0.1, -0.05) is 6.92 Å². The van der Waals surface area contributed by atoms with E-state index in [0.717, 1.165) is 0 Å². The lowest BCUT2D eigenvalue weighted by atomic mass is 10.5. The third kappa shape index (κ3) is 30.7. The van der Waals surface area contributed by atoms with Gasteiger partial charge in [0.1, 0.15) is 6.54 Å². The number of carbonyl (C=O) groups is 2. The molecule has 86 valence electrons. The lowest BCUT2D eigenvalue weighted by molar-refractivity contribution is -0.864. The highest BCUT2D eigenvalue weighted by Gasteiger charge is 2.04. The first kappa shape index (κ1) is 18.6. The second kappa shape index (κ2) is 8.46. The Hall–Kier alpha value is -1.14. The van der Waals surface area contributed by atoms with E-state index in [1.807, 2.05) is 0 Å². The summed E-state index contributed by atoms with van der Waals surface area (Å²) in [5, 5.41) is 17.6. The molecule has 0 aromatic rings. The number of hydrogen-bond acceptors (Lipinski definition) is 4. The van der Waals surface area contributed by atoms with Crippen LogP contribution in [0.25, 0.3) is 0 Å². The molecular weight excluding hydrogens is 188 g/mol. The summed E-state index contributed by atoms with van der Waals surface area (Å²) in [6.45, 7) is 1.67. The minimum absolute atomic E-state index is 0. The van der Waals surface area contributed by atoms with Gasteiger partial charge in [-0.05, 0) is 0 Å². The molecule has 0 saturated carbocycles. The number of nitrogens with zero attached hydrogens (tertiary/aromatic N) is 1. The Bertz CT molecular complexity index is 175. The first-order valence-corrected chi connectivity index (χ1v) is 3.91. The van der Waals surface area contributed by atoms with E-state index in [4.69, 9.17) is 5.11 Å². The van der Waals surface area contributed by atoms with E-state index in [1.165, 1.54) is 0 Å². The average molecular weight is 208 g/mol. The van der Waals surface area contributed by atoms with Gasteiger partial charge in [-0.2, -0.15) is 0 Å². The number of hydrogen-bond donors (Lipinski definition) is 2. The second-order valence-electron chi connectivity index (χ2n) is 3.57. The van der Waals surface area contributed by atoms with Crippen LogP contribution in [0.3, 0.4) is 0 Å². The van der Waals surface area contributed by atoms with Crippen molar-refractivity contribution in [2.24, 2.45) is 0 Å². The standard InChI is InChI=1S/C5H11NO2.C3H6O2.H3N/c1-6(2,3)4-5(7)8;1-2-3(4)5;/h4H2,1-3H3;2H2,1H3,(H,4,5);1H3. The molecule has 0 bridgehead atoms. The quantitative estimate of drug-likeness (QED) is 0.583. The number of carbonyl (C=O) groups excluding carboxylic acids is 1. The lowest BCUT2D eigenvalue weighted by Gasteiger charge is -2.23. The van der Waals surface area contributed by atoms with Crippen LogP contribution in [0.1, 0.15) is 13.3 Å². The third-order valence-electron chi connectivity index (χ3n) is 0.906. The number of carboxylic acid groups (broad SMARTS) is 2. The molecule has 0 fully saturated rings. The van der Waals surface area contributed by atoms with Crippen molar-refractivity contribution in [1.82, 2.24) is 6.15 Å². The van der Waals surface area contributed by atoms with Crippen molar-refractivity contribution in [3.05, 3.63) is 0 Å². The van der Waals surface area contributed by atoms with Crippen molar-refractivity contribution < 1.29 is 24.3 Å². The molecule has 0 spiro atoms. The Labute approximate surface area is 84.3 Å². The van der Waals surface area contributed by atoms with Crippen LogP contribution >= 0.6 is 0 Å². The SMILES string of the molecule is CCC(=O)O.C[N+](C)(C)CC(=O)[O-].N. The van der Waals surface area contributed by atoms with Gasteiger partial charge in [0, 0.05) is 6.42 Å². The van der Waals surface area contributed by atoms with Crippen molar-refractivity contribution >= 4 is 11.9 Å². The van der Waals surface area contributed by atoms with Crippen LogP contribution < -0.4 is 11.3 Å². The van der Waals surface area contributed by atoms with E-state index in [1.54, 1.807) is 28.1 Å². The normalized spacial score (nSPS) is 9.14. The summed E-state index contributed by atoms with van der Waals surface area (Å²) in [6, 6.07) is 0.